The summed E-state index contributed by atoms with van der Waals surface area (Å²) in [4.78, 5) is 28.2. The van der Waals surface area contributed by atoms with Gasteiger partial charge in [-0.15, -0.1) is 0 Å². The smallest absolute Gasteiger partial charge is 0.434 e. The van der Waals surface area contributed by atoms with Gasteiger partial charge in [0, 0.05) is 6.42 Å². The summed E-state index contributed by atoms with van der Waals surface area (Å²) in [5.74, 6) is 1.07. The van der Waals surface area contributed by atoms with Crippen LogP contribution in [0.25, 0.3) is 0 Å². The molecule has 0 N–H and O–H groups in total. The predicted octanol–water partition coefficient (Wildman–Crippen LogP) is 7.18. The molecule has 8 nitrogen and oxygen atoms in total. The quantitative estimate of drug-likeness (QED) is 0.214. The molecule has 3 aromatic carbocycles. The van der Waals surface area contributed by atoms with Crippen molar-refractivity contribution in [3.63, 3.8) is 0 Å². The minimum absolute atomic E-state index is 0.0513. The summed E-state index contributed by atoms with van der Waals surface area (Å²) in [7, 11) is 1.23. The van der Waals surface area contributed by atoms with Gasteiger partial charge >= 0.3 is 12.1 Å². The average Bonchev–Trinajstić information content (AvgIpc) is 2.92. The van der Waals surface area contributed by atoms with E-state index in [-0.39, 0.29) is 24.8 Å². The number of amides is 1. The van der Waals surface area contributed by atoms with Crippen molar-refractivity contribution in [2.75, 3.05) is 13.7 Å². The minimum atomic E-state index is -0.862. The Bertz CT molecular complexity index is 1410. The maximum Gasteiger partial charge on any atom is 0.434 e. The van der Waals surface area contributed by atoms with Crippen LogP contribution < -0.4 is 14.2 Å². The number of hydrogen-bond donors (Lipinski definition) is 0. The molecule has 10 heteroatoms. The van der Waals surface area contributed by atoms with Gasteiger partial charge in [-0.25, -0.2) is 9.59 Å². The Balaban J connectivity index is 1.39. The molecule has 210 valence electrons. The number of carbonyl (C=O) groups excluding carboxylic acids is 2. The Labute approximate surface area is 242 Å². The Morgan fingerprint density at radius 1 is 0.950 bits per heavy atom. The number of esters is 1. The van der Waals surface area contributed by atoms with Crippen molar-refractivity contribution in [3.05, 3.63) is 87.4 Å². The van der Waals surface area contributed by atoms with Crippen LogP contribution in [0.15, 0.2) is 65.7 Å². The summed E-state index contributed by atoms with van der Waals surface area (Å²) in [6.45, 7) is 5.79. The molecule has 1 aliphatic rings. The Morgan fingerprint density at radius 3 is 2.35 bits per heavy atom. The van der Waals surface area contributed by atoms with Gasteiger partial charge in [0.25, 0.3) is 0 Å². The Morgan fingerprint density at radius 2 is 1.68 bits per heavy atom. The highest BCUT2D eigenvalue weighted by atomic mass is 35.5. The standard InChI is InChI=1S/C30H29Cl2NO7/c1-30(2,3)40-29(35)33-24(28(34)36-4)14-18-6-12-25-26(15-18)38-17-27(39-25)20-7-9-21(10-8-20)37-16-19-5-11-22(31)23(32)13-19/h5-13,15,27H,14,16-17H2,1-4H3/t27-/m1/s1. The molecule has 1 aliphatic heterocycles. The topological polar surface area (TPSA) is 92.7 Å². The summed E-state index contributed by atoms with van der Waals surface area (Å²) < 4.78 is 28.0. The van der Waals surface area contributed by atoms with Crippen molar-refractivity contribution in [3.8, 4) is 17.2 Å². The maximum atomic E-state index is 12.2. The van der Waals surface area contributed by atoms with Crippen molar-refractivity contribution < 1.29 is 33.3 Å². The van der Waals surface area contributed by atoms with Gasteiger partial charge in [0.05, 0.1) is 17.2 Å². The van der Waals surface area contributed by atoms with Crippen LogP contribution in [-0.2, 0) is 27.3 Å². The molecule has 3 aromatic rings. The Hall–Kier alpha value is -3.75. The lowest BCUT2D eigenvalue weighted by Gasteiger charge is -2.27. The highest BCUT2D eigenvalue weighted by Crippen LogP contribution is 2.37. The van der Waals surface area contributed by atoms with Crippen molar-refractivity contribution in [2.45, 2.75) is 45.5 Å². The van der Waals surface area contributed by atoms with Crippen LogP contribution >= 0.6 is 23.2 Å². The number of aliphatic imine (C=N–C) groups is 1. The monoisotopic (exact) mass is 585 g/mol. The van der Waals surface area contributed by atoms with Crippen LogP contribution in [0.4, 0.5) is 4.79 Å². The second-order valence-corrected chi connectivity index (χ2v) is 10.8. The van der Waals surface area contributed by atoms with Gasteiger partial charge in [-0.05, 0) is 73.9 Å². The number of hydrogen-bond acceptors (Lipinski definition) is 7. The first-order valence-corrected chi connectivity index (χ1v) is 13.2. The molecular weight excluding hydrogens is 557 g/mol. The van der Waals surface area contributed by atoms with E-state index in [4.69, 9.17) is 46.9 Å². The summed E-state index contributed by atoms with van der Waals surface area (Å²) in [6.07, 6.45) is -1.13. The molecule has 0 unspecified atom stereocenters. The van der Waals surface area contributed by atoms with Crippen molar-refractivity contribution in [1.82, 2.24) is 0 Å². The van der Waals surface area contributed by atoms with Gasteiger partial charge < -0.3 is 23.7 Å². The predicted molar refractivity (Wildman–Crippen MR) is 152 cm³/mol. The van der Waals surface area contributed by atoms with Crippen molar-refractivity contribution in [2.24, 2.45) is 4.99 Å². The number of methoxy groups -OCH3 is 1. The molecule has 1 amide bonds. The first-order valence-electron chi connectivity index (χ1n) is 12.5. The third kappa shape index (κ3) is 7.90. The summed E-state index contributed by atoms with van der Waals surface area (Å²) >= 11 is 12.0. The van der Waals surface area contributed by atoms with E-state index in [1.165, 1.54) is 7.11 Å². The van der Waals surface area contributed by atoms with Gasteiger partial charge in [-0.3, -0.25) is 0 Å². The molecule has 40 heavy (non-hydrogen) atoms. The molecule has 0 radical (unpaired) electrons. The zero-order chi connectivity index (χ0) is 28.9. The molecule has 0 aromatic heterocycles. The van der Waals surface area contributed by atoms with E-state index in [2.05, 4.69) is 4.99 Å². The van der Waals surface area contributed by atoms with Gasteiger partial charge in [0.15, 0.2) is 17.6 Å². The number of rotatable bonds is 7. The van der Waals surface area contributed by atoms with E-state index in [0.29, 0.717) is 39.5 Å². The number of fused-ring (bicyclic) bond motifs is 1. The molecule has 0 fully saturated rings. The molecule has 0 saturated carbocycles. The van der Waals surface area contributed by atoms with Gasteiger partial charge in [0.1, 0.15) is 30.3 Å². The lowest BCUT2D eigenvalue weighted by atomic mass is 10.1. The molecule has 0 spiro atoms. The molecule has 0 saturated heterocycles. The lowest BCUT2D eigenvalue weighted by Crippen LogP contribution is -2.25. The Kier molecular flexibility index (Phi) is 9.22. The summed E-state index contributed by atoms with van der Waals surface area (Å²) in [5, 5.41) is 0.984. The van der Waals surface area contributed by atoms with E-state index in [1.807, 2.05) is 30.3 Å². The van der Waals surface area contributed by atoms with E-state index < -0.39 is 17.7 Å². The summed E-state index contributed by atoms with van der Waals surface area (Å²) in [5.41, 5.74) is 1.71. The highest BCUT2D eigenvalue weighted by molar-refractivity contribution is 6.42. The number of carbonyl (C=O) groups is 2. The fourth-order valence-corrected chi connectivity index (χ4v) is 4.15. The van der Waals surface area contributed by atoms with Crippen LogP contribution in [0.3, 0.4) is 0 Å². The largest absolute Gasteiger partial charge is 0.489 e. The second kappa shape index (κ2) is 12.6. The van der Waals surface area contributed by atoms with Crippen molar-refractivity contribution in [1.29, 1.82) is 0 Å². The first kappa shape index (κ1) is 29.2. The lowest BCUT2D eigenvalue weighted by molar-refractivity contribution is -0.132. The molecule has 0 bridgehead atoms. The summed E-state index contributed by atoms with van der Waals surface area (Å²) in [6, 6.07) is 18.2. The fraction of sp³-hybridized carbons (Fsp3) is 0.300. The van der Waals surface area contributed by atoms with E-state index in [1.54, 1.807) is 51.1 Å². The van der Waals surface area contributed by atoms with Gasteiger partial charge in [-0.2, -0.15) is 4.99 Å². The van der Waals surface area contributed by atoms with Crippen LogP contribution in [0.2, 0.25) is 10.0 Å². The SMILES string of the molecule is COC(=O)C(Cc1ccc2c(c1)OC[C@H](c1ccc(OCc3ccc(Cl)c(Cl)c3)cc1)O2)=NC(=O)OC(C)(C)C. The molecular formula is C30H29Cl2NO7. The highest BCUT2D eigenvalue weighted by Gasteiger charge is 2.25. The number of nitrogens with zero attached hydrogens (tertiary/aromatic N) is 1. The third-order valence-electron chi connectivity index (χ3n) is 5.72. The normalized spacial score (nSPS) is 14.8. The second-order valence-electron chi connectivity index (χ2n) is 10.0. The molecule has 1 heterocycles. The van der Waals surface area contributed by atoms with E-state index in [9.17, 15) is 9.59 Å². The van der Waals surface area contributed by atoms with E-state index >= 15 is 0 Å². The van der Waals surface area contributed by atoms with Crippen LogP contribution in [0.1, 0.15) is 43.6 Å². The number of halogens is 2. The van der Waals surface area contributed by atoms with Crippen LogP contribution in [0, 0.1) is 0 Å². The number of benzene rings is 3. The zero-order valence-electron chi connectivity index (χ0n) is 22.5. The third-order valence-corrected chi connectivity index (χ3v) is 6.46. The van der Waals surface area contributed by atoms with Gasteiger partial charge in [-0.1, -0.05) is 47.5 Å². The fourth-order valence-electron chi connectivity index (χ4n) is 3.83. The average molecular weight is 586 g/mol. The zero-order valence-corrected chi connectivity index (χ0v) is 24.0. The molecule has 1 atom stereocenters. The first-order chi connectivity index (χ1) is 19.0. The van der Waals surface area contributed by atoms with E-state index in [0.717, 1.165) is 11.1 Å². The van der Waals surface area contributed by atoms with Crippen LogP contribution in [0.5, 0.6) is 17.2 Å². The number of ether oxygens (including phenoxy) is 5. The van der Waals surface area contributed by atoms with Crippen LogP contribution in [-0.4, -0.2) is 37.1 Å². The van der Waals surface area contributed by atoms with Crippen molar-refractivity contribution >= 4 is 41.0 Å². The van der Waals surface area contributed by atoms with Gasteiger partial charge in [0.2, 0.25) is 0 Å². The molecule has 0 aliphatic carbocycles. The minimum Gasteiger partial charge on any atom is -0.489 e. The molecule has 4 rings (SSSR count). The maximum absolute atomic E-state index is 12.2.